The van der Waals surface area contributed by atoms with Gasteiger partial charge in [0, 0.05) is 12.6 Å². The molecule has 0 saturated carbocycles. The Balaban J connectivity index is 2.51. The van der Waals surface area contributed by atoms with E-state index in [1.807, 2.05) is 14.0 Å². The van der Waals surface area contributed by atoms with Crippen molar-refractivity contribution in [3.8, 4) is 0 Å². The van der Waals surface area contributed by atoms with Gasteiger partial charge in [-0.15, -0.1) is 0 Å². The summed E-state index contributed by atoms with van der Waals surface area (Å²) in [5.41, 5.74) is 0. The Morgan fingerprint density at radius 1 is 1.40 bits per heavy atom. The van der Waals surface area contributed by atoms with Crippen LogP contribution in [-0.2, 0) is 10.0 Å². The number of nitrogens with one attached hydrogen (secondary N) is 1. The summed E-state index contributed by atoms with van der Waals surface area (Å²) < 4.78 is 25.6. The van der Waals surface area contributed by atoms with E-state index < -0.39 is 10.0 Å². The Morgan fingerprint density at radius 3 is 2.73 bits per heavy atom. The highest BCUT2D eigenvalue weighted by Gasteiger charge is 2.28. The molecule has 0 aromatic heterocycles. The van der Waals surface area contributed by atoms with Gasteiger partial charge in [0.2, 0.25) is 10.0 Å². The summed E-state index contributed by atoms with van der Waals surface area (Å²) in [6.07, 6.45) is 3.87. The predicted molar refractivity (Wildman–Crippen MR) is 62.3 cm³/mol. The monoisotopic (exact) mass is 234 g/mol. The summed E-state index contributed by atoms with van der Waals surface area (Å²) in [6.45, 7) is 3.49. The fourth-order valence-corrected chi connectivity index (χ4v) is 3.84. The molecule has 5 heteroatoms. The van der Waals surface area contributed by atoms with Gasteiger partial charge in [0.1, 0.15) is 0 Å². The zero-order chi connectivity index (χ0) is 11.3. The van der Waals surface area contributed by atoms with E-state index in [2.05, 4.69) is 5.32 Å². The highest BCUT2D eigenvalue weighted by molar-refractivity contribution is 7.89. The first kappa shape index (κ1) is 12.9. The highest BCUT2D eigenvalue weighted by atomic mass is 32.2. The lowest BCUT2D eigenvalue weighted by Gasteiger charge is -2.32. The maximum Gasteiger partial charge on any atom is 0.214 e. The fraction of sp³-hybridized carbons (Fsp3) is 1.00. The lowest BCUT2D eigenvalue weighted by Crippen LogP contribution is -2.43. The van der Waals surface area contributed by atoms with Crippen LogP contribution in [0.1, 0.15) is 32.6 Å². The summed E-state index contributed by atoms with van der Waals surface area (Å²) in [5, 5.41) is 2.97. The Labute approximate surface area is 93.1 Å². The number of sulfonamides is 1. The molecule has 15 heavy (non-hydrogen) atoms. The number of nitrogens with zero attached hydrogens (tertiary/aromatic N) is 1. The average Bonchev–Trinajstić information content (AvgIpc) is 2.18. The minimum absolute atomic E-state index is 0.193. The van der Waals surface area contributed by atoms with Gasteiger partial charge in [-0.25, -0.2) is 8.42 Å². The van der Waals surface area contributed by atoms with Gasteiger partial charge in [0.05, 0.1) is 5.75 Å². The molecule has 0 aromatic carbocycles. The molecule has 1 unspecified atom stereocenters. The van der Waals surface area contributed by atoms with E-state index in [1.165, 1.54) is 0 Å². The second-order valence-corrected chi connectivity index (χ2v) is 6.27. The van der Waals surface area contributed by atoms with E-state index in [1.54, 1.807) is 4.31 Å². The molecule has 0 amide bonds. The second kappa shape index (κ2) is 5.82. The van der Waals surface area contributed by atoms with Crippen molar-refractivity contribution >= 4 is 10.0 Å². The van der Waals surface area contributed by atoms with Crippen LogP contribution in [0.4, 0.5) is 0 Å². The molecule has 0 bridgehead atoms. The number of rotatable bonds is 5. The van der Waals surface area contributed by atoms with Crippen molar-refractivity contribution in [2.75, 3.05) is 25.9 Å². The number of hydrogen-bond donors (Lipinski definition) is 1. The van der Waals surface area contributed by atoms with Crippen molar-refractivity contribution in [2.45, 2.75) is 38.6 Å². The first-order valence-corrected chi connectivity index (χ1v) is 7.33. The van der Waals surface area contributed by atoms with Crippen molar-refractivity contribution in [1.29, 1.82) is 0 Å². The molecule has 1 saturated heterocycles. The maximum atomic E-state index is 12.0. The van der Waals surface area contributed by atoms with Crippen molar-refractivity contribution in [2.24, 2.45) is 0 Å². The zero-order valence-corrected chi connectivity index (χ0v) is 10.5. The predicted octanol–water partition coefficient (Wildman–Crippen LogP) is 0.800. The molecule has 0 radical (unpaired) electrons. The molecule has 90 valence electrons. The van der Waals surface area contributed by atoms with Crippen LogP contribution in [0.5, 0.6) is 0 Å². The summed E-state index contributed by atoms with van der Waals surface area (Å²) in [5.74, 6) is 0.276. The summed E-state index contributed by atoms with van der Waals surface area (Å²) >= 11 is 0. The lowest BCUT2D eigenvalue weighted by atomic mass is 10.1. The standard InChI is InChI=1S/C10H22N2O2S/c1-10-6-3-4-8-12(10)15(13,14)9-5-7-11-2/h10-11H,3-9H2,1-2H3. The maximum absolute atomic E-state index is 12.0. The minimum Gasteiger partial charge on any atom is -0.320 e. The molecule has 1 rings (SSSR count). The SMILES string of the molecule is CNCCCS(=O)(=O)N1CCCCC1C. The van der Waals surface area contributed by atoms with Crippen molar-refractivity contribution < 1.29 is 8.42 Å². The van der Waals surface area contributed by atoms with E-state index in [0.717, 1.165) is 25.8 Å². The molecule has 1 aliphatic rings. The second-order valence-electron chi connectivity index (χ2n) is 4.23. The number of hydrogen-bond acceptors (Lipinski definition) is 3. The molecular formula is C10H22N2O2S. The molecule has 0 aromatic rings. The van der Waals surface area contributed by atoms with E-state index in [4.69, 9.17) is 0 Å². The molecule has 1 heterocycles. The minimum atomic E-state index is -3.01. The zero-order valence-electron chi connectivity index (χ0n) is 9.70. The topological polar surface area (TPSA) is 49.4 Å². The summed E-state index contributed by atoms with van der Waals surface area (Å²) in [4.78, 5) is 0. The molecule has 1 fully saturated rings. The highest BCUT2D eigenvalue weighted by Crippen LogP contribution is 2.20. The van der Waals surface area contributed by atoms with Crippen molar-refractivity contribution in [3.05, 3.63) is 0 Å². The Morgan fingerprint density at radius 2 is 2.13 bits per heavy atom. The van der Waals surface area contributed by atoms with Gasteiger partial charge in [-0.05, 0) is 39.8 Å². The Kier molecular flexibility index (Phi) is 5.02. The van der Waals surface area contributed by atoms with E-state index in [0.29, 0.717) is 13.0 Å². The van der Waals surface area contributed by atoms with Gasteiger partial charge in [-0.1, -0.05) is 6.42 Å². The van der Waals surface area contributed by atoms with Gasteiger partial charge < -0.3 is 5.32 Å². The van der Waals surface area contributed by atoms with Crippen LogP contribution >= 0.6 is 0 Å². The van der Waals surface area contributed by atoms with Crippen molar-refractivity contribution in [1.82, 2.24) is 9.62 Å². The Bertz CT molecular complexity index is 277. The van der Waals surface area contributed by atoms with Gasteiger partial charge in [0.25, 0.3) is 0 Å². The van der Waals surface area contributed by atoms with Crippen LogP contribution < -0.4 is 5.32 Å². The van der Waals surface area contributed by atoms with Crippen LogP contribution in [0.3, 0.4) is 0 Å². The smallest absolute Gasteiger partial charge is 0.214 e. The van der Waals surface area contributed by atoms with E-state index in [-0.39, 0.29) is 11.8 Å². The third kappa shape index (κ3) is 3.74. The first-order chi connectivity index (χ1) is 7.08. The largest absolute Gasteiger partial charge is 0.320 e. The van der Waals surface area contributed by atoms with Crippen LogP contribution in [0.25, 0.3) is 0 Å². The lowest BCUT2D eigenvalue weighted by molar-refractivity contribution is 0.268. The van der Waals surface area contributed by atoms with E-state index >= 15 is 0 Å². The molecule has 0 spiro atoms. The third-order valence-electron chi connectivity index (χ3n) is 2.93. The van der Waals surface area contributed by atoms with Crippen LogP contribution in [0.15, 0.2) is 0 Å². The van der Waals surface area contributed by atoms with E-state index in [9.17, 15) is 8.42 Å². The molecular weight excluding hydrogens is 212 g/mol. The summed E-state index contributed by atoms with van der Waals surface area (Å²) in [7, 11) is -1.17. The quantitative estimate of drug-likeness (QED) is 0.716. The van der Waals surface area contributed by atoms with Crippen molar-refractivity contribution in [3.63, 3.8) is 0 Å². The average molecular weight is 234 g/mol. The Hall–Kier alpha value is -0.130. The van der Waals surface area contributed by atoms with Crippen LogP contribution in [0, 0.1) is 0 Å². The van der Waals surface area contributed by atoms with Gasteiger partial charge in [-0.3, -0.25) is 0 Å². The molecule has 1 atom stereocenters. The molecule has 1 aliphatic heterocycles. The molecule has 1 N–H and O–H groups in total. The number of piperidine rings is 1. The normalized spacial score (nSPS) is 24.3. The first-order valence-electron chi connectivity index (χ1n) is 5.72. The summed E-state index contributed by atoms with van der Waals surface area (Å²) in [6, 6.07) is 0.193. The molecule has 0 aliphatic carbocycles. The van der Waals surface area contributed by atoms with Gasteiger partial charge >= 0.3 is 0 Å². The molecule has 4 nitrogen and oxygen atoms in total. The van der Waals surface area contributed by atoms with Gasteiger partial charge in [-0.2, -0.15) is 4.31 Å². The fourth-order valence-electron chi connectivity index (χ4n) is 2.03. The van der Waals surface area contributed by atoms with Crippen LogP contribution in [0.2, 0.25) is 0 Å². The van der Waals surface area contributed by atoms with Gasteiger partial charge in [0.15, 0.2) is 0 Å². The third-order valence-corrected chi connectivity index (χ3v) is 4.99. The van der Waals surface area contributed by atoms with Crippen LogP contribution in [-0.4, -0.2) is 44.7 Å².